The Morgan fingerprint density at radius 2 is 1.84 bits per heavy atom. The molecule has 3 aromatic rings. The summed E-state index contributed by atoms with van der Waals surface area (Å²) in [6.45, 7) is 1.05. The summed E-state index contributed by atoms with van der Waals surface area (Å²) >= 11 is 7.42. The monoisotopic (exact) mass is 569 g/mol. The Hall–Kier alpha value is -2.31. The van der Waals surface area contributed by atoms with Crippen molar-refractivity contribution in [1.82, 2.24) is 9.97 Å². The molecule has 2 unspecified atom stereocenters. The third kappa shape index (κ3) is 5.75. The maximum Gasteiger partial charge on any atom is 0.307 e. The molecule has 3 N–H and O–H groups in total. The summed E-state index contributed by atoms with van der Waals surface area (Å²) in [5, 5.41) is 10.8. The zero-order valence-electron chi connectivity index (χ0n) is 19.7. The second-order valence-electron chi connectivity index (χ2n) is 9.52. The summed E-state index contributed by atoms with van der Waals surface area (Å²) in [5.74, 6) is -5.34. The smallest absolute Gasteiger partial charge is 0.307 e. The fourth-order valence-corrected chi connectivity index (χ4v) is 7.49. The standard InChI is InChI=1S/C25H26ClF2N3O4S2/c26-17-11-16(13-29-14-17)23-30-21(20-12-25(27,28)6-5-19(20)24(32)33)22(36-23)15-1-3-18(4-2-15)31-7-9-37(34,35)10-8-31/h1-4,11,13-14,19-20,34-35H,5-10,12H2,(H,32,33). The topological polar surface area (TPSA) is 107 Å². The van der Waals surface area contributed by atoms with Gasteiger partial charge in [0.25, 0.3) is 0 Å². The number of aromatic nitrogens is 2. The van der Waals surface area contributed by atoms with E-state index in [0.717, 1.165) is 11.3 Å². The number of carbonyl (C=O) groups is 1. The summed E-state index contributed by atoms with van der Waals surface area (Å²) in [4.78, 5) is 23.6. The number of hydrogen-bond acceptors (Lipinski definition) is 7. The van der Waals surface area contributed by atoms with E-state index < -0.39 is 47.2 Å². The Morgan fingerprint density at radius 3 is 2.49 bits per heavy atom. The third-order valence-corrected chi connectivity index (χ3v) is 10.0. The van der Waals surface area contributed by atoms with Gasteiger partial charge in [-0.2, -0.15) is 10.6 Å². The molecule has 0 bridgehead atoms. The van der Waals surface area contributed by atoms with Gasteiger partial charge >= 0.3 is 5.97 Å². The first kappa shape index (κ1) is 26.3. The van der Waals surface area contributed by atoms with Crippen molar-refractivity contribution < 1.29 is 27.8 Å². The lowest BCUT2D eigenvalue weighted by Crippen LogP contribution is -2.38. The molecular weight excluding hydrogens is 544 g/mol. The normalized spacial score (nSPS) is 24.0. The van der Waals surface area contributed by atoms with Gasteiger partial charge in [0.15, 0.2) is 0 Å². The van der Waals surface area contributed by atoms with Crippen molar-refractivity contribution in [3.63, 3.8) is 0 Å². The lowest BCUT2D eigenvalue weighted by atomic mass is 9.75. The SMILES string of the molecule is O=C(O)C1CCC(F)(F)CC1c1nc(-c2cncc(Cl)c2)sc1-c1ccc(N2CCS(O)(O)CC2)cc1. The van der Waals surface area contributed by atoms with E-state index in [1.54, 1.807) is 12.3 Å². The van der Waals surface area contributed by atoms with Crippen LogP contribution in [0.1, 0.15) is 30.9 Å². The van der Waals surface area contributed by atoms with Crippen molar-refractivity contribution in [2.24, 2.45) is 5.92 Å². The van der Waals surface area contributed by atoms with Crippen molar-refractivity contribution in [3.05, 3.63) is 53.4 Å². The average molecular weight is 570 g/mol. The number of rotatable bonds is 5. The van der Waals surface area contributed by atoms with Gasteiger partial charge in [-0.3, -0.25) is 18.9 Å². The van der Waals surface area contributed by atoms with Crippen LogP contribution in [0.25, 0.3) is 21.0 Å². The first-order chi connectivity index (χ1) is 17.5. The predicted molar refractivity (Wildman–Crippen MR) is 143 cm³/mol. The van der Waals surface area contributed by atoms with Gasteiger partial charge in [0.1, 0.15) is 5.01 Å². The number of pyridine rings is 1. The Morgan fingerprint density at radius 1 is 1.14 bits per heavy atom. The number of hydrogen-bond donors (Lipinski definition) is 3. The fourth-order valence-electron chi connectivity index (χ4n) is 4.97. The molecule has 1 aromatic carbocycles. The van der Waals surface area contributed by atoms with Gasteiger partial charge in [0.2, 0.25) is 5.92 Å². The third-order valence-electron chi connectivity index (χ3n) is 6.97. The zero-order valence-corrected chi connectivity index (χ0v) is 22.1. The van der Waals surface area contributed by atoms with Crippen LogP contribution in [0.5, 0.6) is 0 Å². The molecule has 0 amide bonds. The summed E-state index contributed by atoms with van der Waals surface area (Å²) in [6.07, 6.45) is 1.92. The van der Waals surface area contributed by atoms with Crippen molar-refractivity contribution in [2.45, 2.75) is 31.1 Å². The molecule has 7 nitrogen and oxygen atoms in total. The van der Waals surface area contributed by atoms with Crippen LogP contribution in [-0.2, 0) is 4.79 Å². The van der Waals surface area contributed by atoms with Crippen molar-refractivity contribution in [2.75, 3.05) is 29.5 Å². The summed E-state index contributed by atoms with van der Waals surface area (Å²) in [5.41, 5.74) is 2.64. The van der Waals surface area contributed by atoms with Gasteiger partial charge in [-0.25, -0.2) is 13.8 Å². The Bertz CT molecular complexity index is 1300. The van der Waals surface area contributed by atoms with Crippen LogP contribution in [0, 0.1) is 5.92 Å². The number of alkyl halides is 2. The number of benzene rings is 1. The van der Waals surface area contributed by atoms with Crippen molar-refractivity contribution in [1.29, 1.82) is 0 Å². The van der Waals surface area contributed by atoms with E-state index in [-0.39, 0.29) is 6.42 Å². The Balaban J connectivity index is 1.54. The van der Waals surface area contributed by atoms with Gasteiger partial charge < -0.3 is 10.0 Å². The van der Waals surface area contributed by atoms with E-state index in [2.05, 4.69) is 9.88 Å². The highest BCUT2D eigenvalue weighted by Crippen LogP contribution is 2.50. The molecule has 1 saturated heterocycles. The highest BCUT2D eigenvalue weighted by atomic mass is 35.5. The van der Waals surface area contributed by atoms with E-state index >= 15 is 0 Å². The first-order valence-corrected chi connectivity index (χ1v) is 14.9. The minimum atomic E-state index is -2.97. The maximum absolute atomic E-state index is 14.5. The Labute approximate surface area is 223 Å². The van der Waals surface area contributed by atoms with E-state index in [1.165, 1.54) is 17.5 Å². The van der Waals surface area contributed by atoms with Crippen LogP contribution >= 0.6 is 33.5 Å². The first-order valence-electron chi connectivity index (χ1n) is 11.8. The van der Waals surface area contributed by atoms with Crippen LogP contribution < -0.4 is 4.90 Å². The summed E-state index contributed by atoms with van der Waals surface area (Å²) in [7, 11) is -2.51. The van der Waals surface area contributed by atoms with Gasteiger partial charge in [-0.15, -0.1) is 11.3 Å². The number of nitrogens with zero attached hydrogens (tertiary/aromatic N) is 3. The number of halogens is 3. The second kappa shape index (κ2) is 10.1. The lowest BCUT2D eigenvalue weighted by Gasteiger charge is -2.41. The van der Waals surface area contributed by atoms with Gasteiger partial charge in [-0.1, -0.05) is 23.7 Å². The van der Waals surface area contributed by atoms with Gasteiger partial charge in [0, 0.05) is 55.5 Å². The molecule has 2 fully saturated rings. The van der Waals surface area contributed by atoms with Gasteiger partial charge in [-0.05, 0) is 30.2 Å². The summed E-state index contributed by atoms with van der Waals surface area (Å²) < 4.78 is 48.8. The minimum absolute atomic E-state index is 0.120. The van der Waals surface area contributed by atoms with Crippen LogP contribution in [0.3, 0.4) is 0 Å². The zero-order chi connectivity index (χ0) is 26.4. The predicted octanol–water partition coefficient (Wildman–Crippen LogP) is 6.70. The van der Waals surface area contributed by atoms with E-state index in [0.29, 0.717) is 50.8 Å². The van der Waals surface area contributed by atoms with E-state index in [4.69, 9.17) is 16.6 Å². The molecule has 1 aliphatic heterocycles. The van der Waals surface area contributed by atoms with Crippen LogP contribution in [0.4, 0.5) is 14.5 Å². The summed E-state index contributed by atoms with van der Waals surface area (Å²) in [6, 6.07) is 9.24. The van der Waals surface area contributed by atoms with Crippen LogP contribution in [0.2, 0.25) is 5.02 Å². The molecule has 1 saturated carbocycles. The molecule has 12 heteroatoms. The lowest BCUT2D eigenvalue weighted by molar-refractivity contribution is -0.147. The van der Waals surface area contributed by atoms with Crippen LogP contribution in [-0.4, -0.2) is 60.7 Å². The minimum Gasteiger partial charge on any atom is -0.481 e. The van der Waals surface area contributed by atoms with Crippen LogP contribution in [0.15, 0.2) is 42.7 Å². The molecule has 5 rings (SSSR count). The second-order valence-corrected chi connectivity index (χ2v) is 13.4. The molecule has 2 aliphatic rings. The highest BCUT2D eigenvalue weighted by Gasteiger charge is 2.46. The van der Waals surface area contributed by atoms with Crippen molar-refractivity contribution in [3.8, 4) is 21.0 Å². The Kier molecular flexibility index (Phi) is 7.18. The molecule has 0 spiro atoms. The number of carboxylic acid groups (broad SMARTS) is 1. The molecular formula is C25H26ClF2N3O4S2. The largest absolute Gasteiger partial charge is 0.481 e. The number of thiazole rings is 1. The average Bonchev–Trinajstić information content (AvgIpc) is 3.29. The molecule has 3 heterocycles. The fraction of sp³-hybridized carbons (Fsp3) is 0.400. The number of aliphatic carboxylic acids is 1. The molecule has 37 heavy (non-hydrogen) atoms. The van der Waals surface area contributed by atoms with Gasteiger partial charge in [0.05, 0.1) is 33.0 Å². The molecule has 2 aromatic heterocycles. The molecule has 2 atom stereocenters. The van der Waals surface area contributed by atoms with E-state index in [1.807, 2.05) is 24.3 Å². The highest BCUT2D eigenvalue weighted by molar-refractivity contribution is 8.24. The number of carboxylic acids is 1. The quantitative estimate of drug-likeness (QED) is 0.314. The van der Waals surface area contributed by atoms with Crippen molar-refractivity contribution >= 4 is 45.2 Å². The molecule has 1 aliphatic carbocycles. The maximum atomic E-state index is 14.5. The molecule has 0 radical (unpaired) electrons. The van der Waals surface area contributed by atoms with E-state index in [9.17, 15) is 27.8 Å². The molecule has 198 valence electrons. The number of anilines is 1.